The van der Waals surface area contributed by atoms with Gasteiger partial charge in [0.15, 0.2) is 0 Å². The molecule has 0 atom stereocenters. The number of ether oxygens (including phenoxy) is 1. The average Bonchev–Trinajstić information content (AvgIpc) is 2.40. The van der Waals surface area contributed by atoms with Crippen molar-refractivity contribution in [2.75, 3.05) is 6.61 Å². The lowest BCUT2D eigenvalue weighted by Gasteiger charge is -2.28. The van der Waals surface area contributed by atoms with Crippen LogP contribution in [0.2, 0.25) is 0 Å². The summed E-state index contributed by atoms with van der Waals surface area (Å²) in [4.78, 5) is 11.2. The van der Waals surface area contributed by atoms with E-state index in [1.54, 1.807) is 6.92 Å². The largest absolute Gasteiger partial charge is 0.462 e. The fourth-order valence-corrected chi connectivity index (χ4v) is 3.04. The molecule has 2 heteroatoms. The molecule has 19 heavy (non-hydrogen) atoms. The van der Waals surface area contributed by atoms with Crippen LogP contribution in [0.15, 0.2) is 12.2 Å². The first-order valence-corrected chi connectivity index (χ1v) is 7.96. The molecular formula is C17H30O2. The van der Waals surface area contributed by atoms with Gasteiger partial charge >= 0.3 is 5.97 Å². The zero-order valence-electron chi connectivity index (χ0n) is 12.7. The van der Waals surface area contributed by atoms with Crippen LogP contribution in [-0.4, -0.2) is 12.6 Å². The summed E-state index contributed by atoms with van der Waals surface area (Å²) in [6, 6.07) is 0. The van der Waals surface area contributed by atoms with Gasteiger partial charge in [0.25, 0.3) is 0 Å². The monoisotopic (exact) mass is 266 g/mol. The zero-order chi connectivity index (χ0) is 14.1. The van der Waals surface area contributed by atoms with Gasteiger partial charge in [0, 0.05) is 5.57 Å². The highest BCUT2D eigenvalue weighted by molar-refractivity contribution is 5.86. The normalized spacial score (nSPS) is 23.1. The van der Waals surface area contributed by atoms with Gasteiger partial charge in [-0.25, -0.2) is 4.79 Å². The van der Waals surface area contributed by atoms with Gasteiger partial charge in [-0.05, 0) is 31.6 Å². The molecule has 0 saturated heterocycles. The lowest BCUT2D eigenvalue weighted by Crippen LogP contribution is -2.14. The summed E-state index contributed by atoms with van der Waals surface area (Å²) in [5, 5.41) is 0. The summed E-state index contributed by atoms with van der Waals surface area (Å²) in [6.45, 7) is 8.11. The Hall–Kier alpha value is -0.790. The van der Waals surface area contributed by atoms with Gasteiger partial charge in [0.1, 0.15) is 0 Å². The third-order valence-corrected chi connectivity index (χ3v) is 4.25. The van der Waals surface area contributed by atoms with Gasteiger partial charge in [-0.15, -0.1) is 0 Å². The number of carbonyl (C=O) groups excluding carboxylic acids is 1. The van der Waals surface area contributed by atoms with Crippen LogP contribution in [0.3, 0.4) is 0 Å². The zero-order valence-corrected chi connectivity index (χ0v) is 12.7. The Bertz CT molecular complexity index is 275. The molecule has 1 aliphatic carbocycles. The molecule has 0 aromatic heterocycles. The number of carbonyl (C=O) groups is 1. The molecule has 0 N–H and O–H groups in total. The van der Waals surface area contributed by atoms with Crippen LogP contribution in [-0.2, 0) is 9.53 Å². The maximum Gasteiger partial charge on any atom is 0.333 e. The van der Waals surface area contributed by atoms with Crippen LogP contribution < -0.4 is 0 Å². The van der Waals surface area contributed by atoms with Gasteiger partial charge < -0.3 is 4.74 Å². The van der Waals surface area contributed by atoms with Gasteiger partial charge in [-0.2, -0.15) is 0 Å². The van der Waals surface area contributed by atoms with Crippen molar-refractivity contribution in [1.29, 1.82) is 0 Å². The van der Waals surface area contributed by atoms with Crippen LogP contribution in [0.1, 0.15) is 71.6 Å². The summed E-state index contributed by atoms with van der Waals surface area (Å²) in [6.07, 6.45) is 11.9. The van der Waals surface area contributed by atoms with E-state index in [9.17, 15) is 4.79 Å². The second-order valence-electron chi connectivity index (χ2n) is 6.09. The Morgan fingerprint density at radius 1 is 1.11 bits per heavy atom. The van der Waals surface area contributed by atoms with Crippen molar-refractivity contribution >= 4 is 5.97 Å². The highest BCUT2D eigenvalue weighted by atomic mass is 16.5. The SMILES string of the molecule is C=C(C)C(=O)OCCCCC1CCC(CCC)CC1. The predicted molar refractivity (Wildman–Crippen MR) is 80.0 cm³/mol. The highest BCUT2D eigenvalue weighted by Crippen LogP contribution is 2.33. The van der Waals surface area contributed by atoms with Gasteiger partial charge in [0.05, 0.1) is 6.61 Å². The first-order chi connectivity index (χ1) is 9.13. The van der Waals surface area contributed by atoms with E-state index in [0.29, 0.717) is 12.2 Å². The van der Waals surface area contributed by atoms with Crippen molar-refractivity contribution in [3.8, 4) is 0 Å². The number of hydrogen-bond donors (Lipinski definition) is 0. The number of hydrogen-bond acceptors (Lipinski definition) is 2. The second-order valence-corrected chi connectivity index (χ2v) is 6.09. The van der Waals surface area contributed by atoms with Crippen molar-refractivity contribution in [2.45, 2.75) is 71.6 Å². The molecule has 0 amide bonds. The van der Waals surface area contributed by atoms with Crippen molar-refractivity contribution < 1.29 is 9.53 Å². The van der Waals surface area contributed by atoms with E-state index in [1.165, 1.54) is 51.4 Å². The Morgan fingerprint density at radius 2 is 1.68 bits per heavy atom. The van der Waals surface area contributed by atoms with Gasteiger partial charge in [-0.3, -0.25) is 0 Å². The average molecular weight is 266 g/mol. The minimum Gasteiger partial charge on any atom is -0.462 e. The number of unbranched alkanes of at least 4 members (excludes halogenated alkanes) is 1. The number of rotatable bonds is 8. The Kier molecular flexibility index (Phi) is 7.85. The summed E-state index contributed by atoms with van der Waals surface area (Å²) in [5.41, 5.74) is 0.495. The molecule has 1 aliphatic rings. The Balaban J connectivity index is 1.99. The molecule has 0 heterocycles. The molecule has 0 unspecified atom stereocenters. The third-order valence-electron chi connectivity index (χ3n) is 4.25. The van der Waals surface area contributed by atoms with E-state index in [-0.39, 0.29) is 5.97 Å². The summed E-state index contributed by atoms with van der Waals surface area (Å²) < 4.78 is 5.10. The highest BCUT2D eigenvalue weighted by Gasteiger charge is 2.19. The first-order valence-electron chi connectivity index (χ1n) is 7.96. The predicted octanol–water partition coefficient (Wildman–Crippen LogP) is 4.88. The molecule has 110 valence electrons. The van der Waals surface area contributed by atoms with Crippen LogP contribution in [0, 0.1) is 11.8 Å². The van der Waals surface area contributed by atoms with E-state index in [0.717, 1.165) is 18.3 Å². The summed E-state index contributed by atoms with van der Waals surface area (Å²) >= 11 is 0. The minimum absolute atomic E-state index is 0.250. The van der Waals surface area contributed by atoms with Crippen molar-refractivity contribution in [3.05, 3.63) is 12.2 Å². The molecule has 1 rings (SSSR count). The standard InChI is InChI=1S/C17H30O2/c1-4-7-15-9-11-16(12-10-15)8-5-6-13-19-17(18)14(2)3/h15-16H,2,4-13H2,1,3H3. The molecule has 0 aliphatic heterocycles. The Labute approximate surface area is 118 Å². The second kappa shape index (κ2) is 9.17. The van der Waals surface area contributed by atoms with Crippen LogP contribution in [0.25, 0.3) is 0 Å². The fourth-order valence-electron chi connectivity index (χ4n) is 3.04. The number of esters is 1. The van der Waals surface area contributed by atoms with E-state index in [4.69, 9.17) is 4.74 Å². The molecular weight excluding hydrogens is 236 g/mol. The van der Waals surface area contributed by atoms with E-state index >= 15 is 0 Å². The third kappa shape index (κ3) is 6.79. The fraction of sp³-hybridized carbons (Fsp3) is 0.824. The summed E-state index contributed by atoms with van der Waals surface area (Å²) in [7, 11) is 0. The molecule has 0 aromatic rings. The lowest BCUT2D eigenvalue weighted by atomic mass is 9.78. The topological polar surface area (TPSA) is 26.3 Å². The van der Waals surface area contributed by atoms with Crippen LogP contribution in [0.4, 0.5) is 0 Å². The maximum atomic E-state index is 11.2. The maximum absolute atomic E-state index is 11.2. The van der Waals surface area contributed by atoms with Crippen molar-refractivity contribution in [1.82, 2.24) is 0 Å². The van der Waals surface area contributed by atoms with Crippen molar-refractivity contribution in [3.63, 3.8) is 0 Å². The van der Waals surface area contributed by atoms with Gasteiger partial charge in [0.2, 0.25) is 0 Å². The van der Waals surface area contributed by atoms with E-state index in [2.05, 4.69) is 13.5 Å². The first kappa shape index (κ1) is 16.3. The minimum atomic E-state index is -0.250. The van der Waals surface area contributed by atoms with Crippen molar-refractivity contribution in [2.24, 2.45) is 11.8 Å². The molecule has 1 fully saturated rings. The Morgan fingerprint density at radius 3 is 2.21 bits per heavy atom. The molecule has 0 radical (unpaired) electrons. The lowest BCUT2D eigenvalue weighted by molar-refractivity contribution is -0.139. The van der Waals surface area contributed by atoms with Gasteiger partial charge in [-0.1, -0.05) is 58.4 Å². The smallest absolute Gasteiger partial charge is 0.333 e. The molecule has 0 spiro atoms. The quantitative estimate of drug-likeness (QED) is 0.355. The molecule has 0 bridgehead atoms. The van der Waals surface area contributed by atoms with E-state index in [1.807, 2.05) is 0 Å². The summed E-state index contributed by atoms with van der Waals surface area (Å²) in [5.74, 6) is 1.67. The molecule has 0 aromatic carbocycles. The van der Waals surface area contributed by atoms with Crippen LogP contribution >= 0.6 is 0 Å². The van der Waals surface area contributed by atoms with E-state index < -0.39 is 0 Å². The molecule has 1 saturated carbocycles. The molecule has 2 nitrogen and oxygen atoms in total. The van der Waals surface area contributed by atoms with Crippen LogP contribution in [0.5, 0.6) is 0 Å².